The Hall–Kier alpha value is -3.28. The lowest BCUT2D eigenvalue weighted by molar-refractivity contribution is -0.139. The van der Waals surface area contributed by atoms with Gasteiger partial charge in [0.2, 0.25) is 11.8 Å². The monoisotopic (exact) mass is 404 g/mol. The van der Waals surface area contributed by atoms with Crippen molar-refractivity contribution in [3.05, 3.63) is 29.8 Å². The minimum Gasteiger partial charge on any atom is -0.508 e. The maximum Gasteiger partial charge on any atom is 0.408 e. The number of phenols is 1. The first-order valence-electron chi connectivity index (χ1n) is 9.17. The number of aromatic hydroxyl groups is 1. The Labute approximate surface area is 170 Å². The quantitative estimate of drug-likeness (QED) is 0.594. The fourth-order valence-corrected chi connectivity index (χ4v) is 2.49. The van der Waals surface area contributed by atoms with Crippen molar-refractivity contribution >= 4 is 17.9 Å². The molecule has 1 aromatic carbocycles. The highest BCUT2D eigenvalue weighted by molar-refractivity contribution is 5.90. The van der Waals surface area contributed by atoms with Gasteiger partial charge in [-0.3, -0.25) is 9.59 Å². The molecule has 0 heterocycles. The Kier molecular flexibility index (Phi) is 8.45. The summed E-state index contributed by atoms with van der Waals surface area (Å²) in [6.45, 7) is 7.73. The summed E-state index contributed by atoms with van der Waals surface area (Å²) in [6, 6.07) is 6.39. The van der Waals surface area contributed by atoms with Gasteiger partial charge in [0.25, 0.3) is 0 Å². The van der Waals surface area contributed by atoms with E-state index in [-0.39, 0.29) is 18.3 Å². The van der Waals surface area contributed by atoms with Crippen LogP contribution in [0.1, 0.15) is 46.2 Å². The van der Waals surface area contributed by atoms with Crippen LogP contribution in [0.3, 0.4) is 0 Å². The highest BCUT2D eigenvalue weighted by Gasteiger charge is 2.32. The van der Waals surface area contributed by atoms with Gasteiger partial charge in [-0.25, -0.2) is 4.79 Å². The molecule has 3 amide bonds. The first kappa shape index (κ1) is 23.8. The van der Waals surface area contributed by atoms with E-state index in [0.29, 0.717) is 5.56 Å². The van der Waals surface area contributed by atoms with Crippen molar-refractivity contribution in [3.8, 4) is 11.8 Å². The molecule has 0 aliphatic carbocycles. The summed E-state index contributed by atoms with van der Waals surface area (Å²) < 4.78 is 5.09. The van der Waals surface area contributed by atoms with E-state index in [2.05, 4.69) is 10.6 Å². The predicted molar refractivity (Wildman–Crippen MR) is 106 cm³/mol. The number of benzene rings is 1. The van der Waals surface area contributed by atoms with Crippen LogP contribution in [0.5, 0.6) is 5.75 Å². The number of ether oxygens (including phenoxy) is 1. The number of alkyl carbamates (subject to hydrolysis) is 1. The van der Waals surface area contributed by atoms with Gasteiger partial charge in [0.15, 0.2) is 0 Å². The minimum atomic E-state index is -1.16. The van der Waals surface area contributed by atoms with Gasteiger partial charge in [0, 0.05) is 6.04 Å². The molecule has 9 nitrogen and oxygen atoms in total. The number of amides is 3. The SMILES string of the molecule is CC(C)NC(=O)C(c1cccc(O)c1)N(CC#N)C(=O)CNC(=O)OC(C)(C)C. The standard InChI is InChI=1S/C20H28N4O5/c1-13(2)23-18(27)17(14-7-6-8-15(25)11-14)24(10-9-21)16(26)12-22-19(28)29-20(3,4)5/h6-8,11,13,17,25H,10,12H2,1-5H3,(H,22,28)(H,23,27). The predicted octanol–water partition coefficient (Wildman–Crippen LogP) is 1.83. The first-order valence-corrected chi connectivity index (χ1v) is 9.17. The summed E-state index contributed by atoms with van der Waals surface area (Å²) >= 11 is 0. The number of carbonyl (C=O) groups excluding carboxylic acids is 3. The fraction of sp³-hybridized carbons (Fsp3) is 0.500. The molecular formula is C20H28N4O5. The smallest absolute Gasteiger partial charge is 0.408 e. The molecule has 0 radical (unpaired) electrons. The first-order chi connectivity index (χ1) is 13.4. The van der Waals surface area contributed by atoms with E-state index < -0.39 is 36.1 Å². The van der Waals surface area contributed by atoms with Crippen LogP contribution in [0.2, 0.25) is 0 Å². The molecule has 158 valence electrons. The molecule has 0 bridgehead atoms. The lowest BCUT2D eigenvalue weighted by atomic mass is 10.0. The number of carbonyl (C=O) groups is 3. The second-order valence-corrected chi connectivity index (χ2v) is 7.70. The Morgan fingerprint density at radius 1 is 1.28 bits per heavy atom. The lowest BCUT2D eigenvalue weighted by Crippen LogP contribution is -2.49. The van der Waals surface area contributed by atoms with Gasteiger partial charge in [-0.2, -0.15) is 5.26 Å². The maximum atomic E-state index is 12.8. The molecule has 0 aliphatic rings. The van der Waals surface area contributed by atoms with Crippen LogP contribution in [-0.4, -0.2) is 52.6 Å². The van der Waals surface area contributed by atoms with Crippen LogP contribution < -0.4 is 10.6 Å². The largest absolute Gasteiger partial charge is 0.508 e. The number of nitrogens with zero attached hydrogens (tertiary/aromatic N) is 2. The Morgan fingerprint density at radius 3 is 2.45 bits per heavy atom. The molecule has 0 saturated heterocycles. The van der Waals surface area contributed by atoms with Gasteiger partial charge in [-0.05, 0) is 52.3 Å². The van der Waals surface area contributed by atoms with Gasteiger partial charge < -0.3 is 25.4 Å². The van der Waals surface area contributed by atoms with Crippen LogP contribution in [0.15, 0.2) is 24.3 Å². The van der Waals surface area contributed by atoms with E-state index in [1.807, 2.05) is 6.07 Å². The third-order valence-corrected chi connectivity index (χ3v) is 3.52. The van der Waals surface area contributed by atoms with Crippen molar-refractivity contribution < 1.29 is 24.2 Å². The maximum absolute atomic E-state index is 12.8. The molecule has 1 atom stereocenters. The van der Waals surface area contributed by atoms with Crippen molar-refractivity contribution in [1.29, 1.82) is 5.26 Å². The third-order valence-electron chi connectivity index (χ3n) is 3.52. The molecule has 29 heavy (non-hydrogen) atoms. The summed E-state index contributed by atoms with van der Waals surface area (Å²) in [6.07, 6.45) is -0.789. The Morgan fingerprint density at radius 2 is 1.93 bits per heavy atom. The summed E-state index contributed by atoms with van der Waals surface area (Å²) in [4.78, 5) is 38.4. The minimum absolute atomic E-state index is 0.0823. The summed E-state index contributed by atoms with van der Waals surface area (Å²) in [7, 11) is 0. The van der Waals surface area contributed by atoms with E-state index in [1.165, 1.54) is 18.2 Å². The zero-order valence-corrected chi connectivity index (χ0v) is 17.4. The topological polar surface area (TPSA) is 132 Å². The Balaban J connectivity index is 3.12. The second-order valence-electron chi connectivity index (χ2n) is 7.70. The van der Waals surface area contributed by atoms with Crippen LogP contribution in [0.25, 0.3) is 0 Å². The zero-order valence-electron chi connectivity index (χ0n) is 17.4. The lowest BCUT2D eigenvalue weighted by Gasteiger charge is -2.30. The normalized spacial score (nSPS) is 11.9. The van der Waals surface area contributed by atoms with E-state index in [0.717, 1.165) is 4.90 Å². The average molecular weight is 404 g/mol. The van der Waals surface area contributed by atoms with Gasteiger partial charge in [-0.1, -0.05) is 12.1 Å². The molecule has 0 aliphatic heterocycles. The second kappa shape index (κ2) is 10.3. The number of hydrogen-bond acceptors (Lipinski definition) is 6. The van der Waals surface area contributed by atoms with Crippen molar-refractivity contribution in [2.75, 3.05) is 13.1 Å². The molecule has 1 rings (SSSR count). The third kappa shape index (κ3) is 8.09. The van der Waals surface area contributed by atoms with E-state index in [1.54, 1.807) is 40.7 Å². The van der Waals surface area contributed by atoms with Crippen LogP contribution in [0.4, 0.5) is 4.79 Å². The molecule has 0 aromatic heterocycles. The summed E-state index contributed by atoms with van der Waals surface area (Å²) in [5, 5.41) is 24.0. The summed E-state index contributed by atoms with van der Waals surface area (Å²) in [5.41, 5.74) is -0.398. The Bertz CT molecular complexity index is 780. The number of nitrogens with one attached hydrogen (secondary N) is 2. The van der Waals surface area contributed by atoms with E-state index in [4.69, 9.17) is 4.74 Å². The van der Waals surface area contributed by atoms with E-state index >= 15 is 0 Å². The van der Waals surface area contributed by atoms with Crippen LogP contribution in [-0.2, 0) is 14.3 Å². The van der Waals surface area contributed by atoms with Crippen LogP contribution in [0, 0.1) is 11.3 Å². The van der Waals surface area contributed by atoms with Crippen molar-refractivity contribution in [1.82, 2.24) is 15.5 Å². The number of rotatable bonds is 7. The molecular weight excluding hydrogens is 376 g/mol. The molecule has 1 unspecified atom stereocenters. The average Bonchev–Trinajstić information content (AvgIpc) is 2.57. The number of phenolic OH excluding ortho intramolecular Hbond substituents is 1. The zero-order chi connectivity index (χ0) is 22.2. The molecule has 3 N–H and O–H groups in total. The van der Waals surface area contributed by atoms with Crippen molar-refractivity contribution in [2.45, 2.75) is 52.3 Å². The molecule has 0 fully saturated rings. The van der Waals surface area contributed by atoms with Crippen LogP contribution >= 0.6 is 0 Å². The van der Waals surface area contributed by atoms with Gasteiger partial charge >= 0.3 is 6.09 Å². The highest BCUT2D eigenvalue weighted by Crippen LogP contribution is 2.24. The van der Waals surface area contributed by atoms with Gasteiger partial charge in [0.05, 0.1) is 6.07 Å². The molecule has 0 spiro atoms. The molecule has 0 saturated carbocycles. The van der Waals surface area contributed by atoms with Crippen molar-refractivity contribution in [3.63, 3.8) is 0 Å². The number of nitriles is 1. The van der Waals surface area contributed by atoms with Crippen molar-refractivity contribution in [2.24, 2.45) is 0 Å². The number of hydrogen-bond donors (Lipinski definition) is 3. The van der Waals surface area contributed by atoms with Gasteiger partial charge in [-0.15, -0.1) is 0 Å². The van der Waals surface area contributed by atoms with E-state index in [9.17, 15) is 24.8 Å². The molecule has 1 aromatic rings. The van der Waals surface area contributed by atoms with Gasteiger partial charge in [0.1, 0.15) is 30.5 Å². The molecule has 9 heteroatoms. The highest BCUT2D eigenvalue weighted by atomic mass is 16.6. The fourth-order valence-electron chi connectivity index (χ4n) is 2.49. The summed E-state index contributed by atoms with van der Waals surface area (Å²) in [5.74, 6) is -1.24.